The Morgan fingerprint density at radius 2 is 2.42 bits per heavy atom. The van der Waals surface area contributed by atoms with Crippen molar-refractivity contribution in [1.29, 1.82) is 0 Å². The van der Waals surface area contributed by atoms with Crippen molar-refractivity contribution in [1.82, 2.24) is 10.1 Å². The van der Waals surface area contributed by atoms with Crippen molar-refractivity contribution >= 4 is 17.3 Å². The van der Waals surface area contributed by atoms with Gasteiger partial charge in [0.05, 0.1) is 5.75 Å². The van der Waals surface area contributed by atoms with Crippen LogP contribution in [0, 0.1) is 0 Å². The number of aromatic nitrogens is 2. The van der Waals surface area contributed by atoms with Crippen LogP contribution in [0.25, 0.3) is 5.57 Å². The third-order valence-corrected chi connectivity index (χ3v) is 2.06. The maximum absolute atomic E-state index is 5.03. The minimum Gasteiger partial charge on any atom is -0.334 e. The monoisotopic (exact) mass is 184 g/mol. The molecular weight excluding hydrogens is 172 g/mol. The second kappa shape index (κ2) is 4.30. The van der Waals surface area contributed by atoms with Crippen molar-refractivity contribution in [2.24, 2.45) is 0 Å². The van der Waals surface area contributed by atoms with E-state index in [0.717, 1.165) is 17.2 Å². The van der Waals surface area contributed by atoms with Crippen LogP contribution in [-0.4, -0.2) is 16.4 Å². The lowest BCUT2D eigenvalue weighted by atomic mass is 10.3. The van der Waals surface area contributed by atoms with Gasteiger partial charge in [-0.1, -0.05) is 11.2 Å². The second-order valence-electron chi connectivity index (χ2n) is 2.42. The Balaban J connectivity index is 2.77. The summed E-state index contributed by atoms with van der Waals surface area (Å²) in [6, 6.07) is 0. The van der Waals surface area contributed by atoms with E-state index in [1.807, 2.05) is 26.2 Å². The molecule has 0 unspecified atom stereocenters. The van der Waals surface area contributed by atoms with E-state index in [1.54, 1.807) is 11.8 Å². The molecule has 0 amide bonds. The van der Waals surface area contributed by atoms with E-state index in [9.17, 15) is 0 Å². The van der Waals surface area contributed by atoms with Crippen molar-refractivity contribution < 1.29 is 4.52 Å². The average molecular weight is 184 g/mol. The highest BCUT2D eigenvalue weighted by atomic mass is 32.2. The minimum atomic E-state index is 0.626. The molecule has 3 nitrogen and oxygen atoms in total. The molecule has 1 heterocycles. The zero-order valence-corrected chi connectivity index (χ0v) is 8.31. The van der Waals surface area contributed by atoms with E-state index in [4.69, 9.17) is 4.52 Å². The molecule has 0 aromatic carbocycles. The van der Waals surface area contributed by atoms with E-state index in [-0.39, 0.29) is 0 Å². The SMILES string of the molecule is C/C=C(\C)c1nc(CSC)no1. The van der Waals surface area contributed by atoms with Crippen LogP contribution in [0.2, 0.25) is 0 Å². The molecule has 0 atom stereocenters. The van der Waals surface area contributed by atoms with Crippen molar-refractivity contribution in [2.75, 3.05) is 6.26 Å². The quantitative estimate of drug-likeness (QED) is 0.722. The minimum absolute atomic E-state index is 0.626. The van der Waals surface area contributed by atoms with Gasteiger partial charge < -0.3 is 4.52 Å². The summed E-state index contributed by atoms with van der Waals surface area (Å²) in [4.78, 5) is 4.20. The molecule has 0 aliphatic heterocycles. The van der Waals surface area contributed by atoms with Gasteiger partial charge in [0.15, 0.2) is 5.82 Å². The first-order valence-electron chi connectivity index (χ1n) is 3.72. The Morgan fingerprint density at radius 1 is 1.67 bits per heavy atom. The van der Waals surface area contributed by atoms with Gasteiger partial charge in [0.25, 0.3) is 5.89 Å². The van der Waals surface area contributed by atoms with E-state index >= 15 is 0 Å². The zero-order valence-electron chi connectivity index (χ0n) is 7.50. The van der Waals surface area contributed by atoms with Crippen LogP contribution in [0.5, 0.6) is 0 Å². The first kappa shape index (κ1) is 9.32. The van der Waals surface area contributed by atoms with Gasteiger partial charge in [-0.2, -0.15) is 16.7 Å². The van der Waals surface area contributed by atoms with Gasteiger partial charge in [0, 0.05) is 5.57 Å². The molecule has 0 radical (unpaired) electrons. The molecule has 0 saturated carbocycles. The number of hydrogen-bond donors (Lipinski definition) is 0. The summed E-state index contributed by atoms with van der Waals surface area (Å²) in [5.74, 6) is 2.20. The summed E-state index contributed by atoms with van der Waals surface area (Å²) >= 11 is 1.68. The normalized spacial score (nSPS) is 12.1. The van der Waals surface area contributed by atoms with Crippen LogP contribution < -0.4 is 0 Å². The third-order valence-electron chi connectivity index (χ3n) is 1.51. The second-order valence-corrected chi connectivity index (χ2v) is 3.29. The van der Waals surface area contributed by atoms with Gasteiger partial charge in [-0.15, -0.1) is 0 Å². The highest BCUT2D eigenvalue weighted by molar-refractivity contribution is 7.97. The maximum atomic E-state index is 5.03. The Hall–Kier alpha value is -0.770. The predicted molar refractivity (Wildman–Crippen MR) is 50.8 cm³/mol. The summed E-state index contributed by atoms with van der Waals surface area (Å²) in [6.07, 6.45) is 3.97. The fourth-order valence-corrected chi connectivity index (χ4v) is 1.10. The fourth-order valence-electron chi connectivity index (χ4n) is 0.725. The number of hydrogen-bond acceptors (Lipinski definition) is 4. The lowest BCUT2D eigenvalue weighted by Crippen LogP contribution is -1.83. The van der Waals surface area contributed by atoms with E-state index < -0.39 is 0 Å². The summed E-state index contributed by atoms with van der Waals surface area (Å²) in [7, 11) is 0. The van der Waals surface area contributed by atoms with E-state index in [2.05, 4.69) is 10.1 Å². The fraction of sp³-hybridized carbons (Fsp3) is 0.500. The number of thioether (sulfide) groups is 1. The molecule has 0 fully saturated rings. The summed E-state index contributed by atoms with van der Waals surface area (Å²) in [5, 5.41) is 3.83. The van der Waals surface area contributed by atoms with Crippen LogP contribution in [0.15, 0.2) is 10.6 Å². The predicted octanol–water partition coefficient (Wildman–Crippen LogP) is 2.36. The molecule has 12 heavy (non-hydrogen) atoms. The Morgan fingerprint density at radius 3 is 3.00 bits per heavy atom. The molecule has 0 N–H and O–H groups in total. The summed E-state index contributed by atoms with van der Waals surface area (Å²) in [6.45, 7) is 3.91. The smallest absolute Gasteiger partial charge is 0.253 e. The first-order valence-corrected chi connectivity index (χ1v) is 5.12. The lowest BCUT2D eigenvalue weighted by Gasteiger charge is -1.87. The molecular formula is C8H12N2OS. The van der Waals surface area contributed by atoms with Gasteiger partial charge in [0.2, 0.25) is 0 Å². The van der Waals surface area contributed by atoms with Gasteiger partial charge in [-0.05, 0) is 20.1 Å². The third kappa shape index (κ3) is 2.11. The topological polar surface area (TPSA) is 38.9 Å². The maximum Gasteiger partial charge on any atom is 0.253 e. The molecule has 0 saturated heterocycles. The van der Waals surface area contributed by atoms with Crippen LogP contribution in [-0.2, 0) is 5.75 Å². The molecule has 66 valence electrons. The average Bonchev–Trinajstić information content (AvgIpc) is 2.52. The molecule has 4 heteroatoms. The van der Waals surface area contributed by atoms with Crippen LogP contribution in [0.1, 0.15) is 25.6 Å². The van der Waals surface area contributed by atoms with E-state index in [1.165, 1.54) is 0 Å². The highest BCUT2D eigenvalue weighted by Gasteiger charge is 2.05. The van der Waals surface area contributed by atoms with Gasteiger partial charge in [0.1, 0.15) is 0 Å². The molecule has 1 aromatic heterocycles. The zero-order chi connectivity index (χ0) is 8.97. The summed E-state index contributed by atoms with van der Waals surface area (Å²) < 4.78 is 5.03. The Bertz CT molecular complexity index is 280. The largest absolute Gasteiger partial charge is 0.334 e. The lowest BCUT2D eigenvalue weighted by molar-refractivity contribution is 0.402. The molecule has 0 aliphatic rings. The Kier molecular flexibility index (Phi) is 3.34. The van der Waals surface area contributed by atoms with Crippen LogP contribution >= 0.6 is 11.8 Å². The van der Waals surface area contributed by atoms with Gasteiger partial charge >= 0.3 is 0 Å². The molecule has 1 aromatic rings. The van der Waals surface area contributed by atoms with Gasteiger partial charge in [-0.3, -0.25) is 0 Å². The van der Waals surface area contributed by atoms with Gasteiger partial charge in [-0.25, -0.2) is 0 Å². The van der Waals surface area contributed by atoms with Crippen molar-refractivity contribution in [2.45, 2.75) is 19.6 Å². The number of allylic oxidation sites excluding steroid dienone is 2. The van der Waals surface area contributed by atoms with Crippen LogP contribution in [0.3, 0.4) is 0 Å². The van der Waals surface area contributed by atoms with Crippen molar-refractivity contribution in [3.05, 3.63) is 17.8 Å². The van der Waals surface area contributed by atoms with Crippen LogP contribution in [0.4, 0.5) is 0 Å². The Labute approximate surface area is 76.2 Å². The summed E-state index contributed by atoms with van der Waals surface area (Å²) in [5.41, 5.74) is 1.02. The van der Waals surface area contributed by atoms with Crippen molar-refractivity contribution in [3.63, 3.8) is 0 Å². The molecule has 1 rings (SSSR count). The molecule has 0 spiro atoms. The van der Waals surface area contributed by atoms with Crippen molar-refractivity contribution in [3.8, 4) is 0 Å². The molecule has 0 aliphatic carbocycles. The number of rotatable bonds is 3. The highest BCUT2D eigenvalue weighted by Crippen LogP contribution is 2.12. The first-order chi connectivity index (χ1) is 5.77. The molecule has 0 bridgehead atoms. The standard InChI is InChI=1S/C8H12N2OS/c1-4-6(2)8-9-7(5-12-3)10-11-8/h4H,5H2,1-3H3/b6-4+. The number of nitrogens with zero attached hydrogens (tertiary/aromatic N) is 2. The van der Waals surface area contributed by atoms with E-state index in [0.29, 0.717) is 5.89 Å².